The molecule has 1 saturated heterocycles. The first kappa shape index (κ1) is 11.7. The topological polar surface area (TPSA) is 29.1 Å². The van der Waals surface area contributed by atoms with E-state index in [9.17, 15) is 4.79 Å². The maximum Gasteiger partial charge on any atom is 0.138 e. The molecule has 1 fully saturated rings. The van der Waals surface area contributed by atoms with Gasteiger partial charge < -0.3 is 5.32 Å². The predicted molar refractivity (Wildman–Crippen MR) is 59.3 cm³/mol. The third-order valence-electron chi connectivity index (χ3n) is 2.97. The molecule has 1 aliphatic heterocycles. The number of rotatable bonds is 3. The van der Waals surface area contributed by atoms with Crippen LogP contribution in [0, 0.1) is 5.41 Å². The van der Waals surface area contributed by atoms with Crippen LogP contribution in [0.2, 0.25) is 0 Å². The van der Waals surface area contributed by atoms with Crippen molar-refractivity contribution in [2.24, 2.45) is 5.41 Å². The number of Topliss-reactive ketones (excluding diaryl/α,β-unsaturated/α-hetero) is 1. The van der Waals surface area contributed by atoms with Crippen LogP contribution in [0.4, 0.5) is 0 Å². The minimum Gasteiger partial charge on any atom is -0.314 e. The number of hydrogen-bond acceptors (Lipinski definition) is 2. The number of carbonyl (C=O) groups is 1. The Hall–Kier alpha value is -0.370. The van der Waals surface area contributed by atoms with E-state index < -0.39 is 0 Å². The fourth-order valence-corrected chi connectivity index (χ4v) is 1.85. The van der Waals surface area contributed by atoms with Crippen molar-refractivity contribution >= 4 is 5.78 Å². The van der Waals surface area contributed by atoms with Crippen LogP contribution in [0.25, 0.3) is 0 Å². The molecule has 1 unspecified atom stereocenters. The molecular weight excluding hydrogens is 174 g/mol. The van der Waals surface area contributed by atoms with Gasteiger partial charge in [0.1, 0.15) is 5.78 Å². The monoisotopic (exact) mass is 197 g/mol. The minimum atomic E-state index is -0.158. The van der Waals surface area contributed by atoms with Gasteiger partial charge in [0.05, 0.1) is 0 Å². The fraction of sp³-hybridized carbons (Fsp3) is 0.917. The van der Waals surface area contributed by atoms with Crippen molar-refractivity contribution in [3.63, 3.8) is 0 Å². The zero-order valence-electron chi connectivity index (χ0n) is 9.73. The number of piperidine rings is 1. The van der Waals surface area contributed by atoms with Gasteiger partial charge in [-0.2, -0.15) is 0 Å². The third kappa shape index (κ3) is 3.79. The highest BCUT2D eigenvalue weighted by Gasteiger charge is 2.22. The molecule has 1 rings (SSSR count). The summed E-state index contributed by atoms with van der Waals surface area (Å²) in [5.41, 5.74) is -0.158. The molecule has 1 aliphatic rings. The van der Waals surface area contributed by atoms with Crippen molar-refractivity contribution in [1.82, 2.24) is 5.32 Å². The molecule has 0 aromatic carbocycles. The second-order valence-corrected chi connectivity index (χ2v) is 5.36. The lowest BCUT2D eigenvalue weighted by Gasteiger charge is -2.24. The Morgan fingerprint density at radius 1 is 1.36 bits per heavy atom. The molecule has 0 aromatic rings. The average molecular weight is 197 g/mol. The van der Waals surface area contributed by atoms with Crippen molar-refractivity contribution in [2.45, 2.75) is 58.9 Å². The van der Waals surface area contributed by atoms with Gasteiger partial charge in [0, 0.05) is 17.9 Å². The molecule has 14 heavy (non-hydrogen) atoms. The Morgan fingerprint density at radius 3 is 2.57 bits per heavy atom. The van der Waals surface area contributed by atoms with E-state index in [4.69, 9.17) is 0 Å². The normalized spacial score (nSPS) is 23.5. The first-order valence-electron chi connectivity index (χ1n) is 5.77. The summed E-state index contributed by atoms with van der Waals surface area (Å²) in [6, 6.07) is 0.593. The second kappa shape index (κ2) is 4.92. The van der Waals surface area contributed by atoms with Crippen LogP contribution in [0.1, 0.15) is 52.9 Å². The Kier molecular flexibility index (Phi) is 4.11. The summed E-state index contributed by atoms with van der Waals surface area (Å²) in [5, 5.41) is 3.47. The molecule has 0 spiro atoms. The van der Waals surface area contributed by atoms with Crippen molar-refractivity contribution in [3.8, 4) is 0 Å². The highest BCUT2D eigenvalue weighted by Crippen LogP contribution is 2.20. The third-order valence-corrected chi connectivity index (χ3v) is 2.97. The van der Waals surface area contributed by atoms with Crippen LogP contribution in [0.15, 0.2) is 0 Å². The molecule has 0 amide bonds. The molecule has 2 nitrogen and oxygen atoms in total. The van der Waals surface area contributed by atoms with Gasteiger partial charge >= 0.3 is 0 Å². The molecule has 2 heteroatoms. The van der Waals surface area contributed by atoms with Crippen molar-refractivity contribution in [1.29, 1.82) is 0 Å². The van der Waals surface area contributed by atoms with Gasteiger partial charge in [-0.05, 0) is 25.8 Å². The number of hydrogen-bond donors (Lipinski definition) is 1. The van der Waals surface area contributed by atoms with Crippen LogP contribution in [-0.2, 0) is 4.79 Å². The molecule has 0 saturated carbocycles. The Balaban J connectivity index is 2.22. The molecule has 1 heterocycles. The summed E-state index contributed by atoms with van der Waals surface area (Å²) in [5.74, 6) is 0.393. The van der Waals surface area contributed by atoms with Crippen LogP contribution < -0.4 is 5.32 Å². The predicted octanol–water partition coefficient (Wildman–Crippen LogP) is 2.52. The van der Waals surface area contributed by atoms with Crippen LogP contribution >= 0.6 is 0 Å². The smallest absolute Gasteiger partial charge is 0.138 e. The quantitative estimate of drug-likeness (QED) is 0.753. The number of nitrogens with one attached hydrogen (secondary N) is 1. The maximum absolute atomic E-state index is 11.7. The molecule has 0 aliphatic carbocycles. The van der Waals surface area contributed by atoms with Gasteiger partial charge in [0.2, 0.25) is 0 Å². The molecular formula is C12H23NO. The largest absolute Gasteiger partial charge is 0.314 e. The van der Waals surface area contributed by atoms with Crippen molar-refractivity contribution < 1.29 is 4.79 Å². The molecule has 82 valence electrons. The summed E-state index contributed by atoms with van der Waals surface area (Å²) in [6.45, 7) is 7.14. The number of carbonyl (C=O) groups excluding carboxylic acids is 1. The molecule has 0 radical (unpaired) electrons. The van der Waals surface area contributed by atoms with Crippen molar-refractivity contribution in [3.05, 3.63) is 0 Å². The van der Waals surface area contributed by atoms with E-state index >= 15 is 0 Å². The summed E-state index contributed by atoms with van der Waals surface area (Å²) >= 11 is 0. The minimum absolute atomic E-state index is 0.158. The standard InChI is InChI=1S/C12H23NO/c1-12(2,3)11(14)8-7-10-6-4-5-9-13-10/h10,13H,4-9H2,1-3H3. The van der Waals surface area contributed by atoms with E-state index in [1.165, 1.54) is 19.3 Å². The van der Waals surface area contributed by atoms with Gasteiger partial charge in [-0.15, -0.1) is 0 Å². The molecule has 1 atom stereocenters. The zero-order chi connectivity index (χ0) is 10.6. The fourth-order valence-electron chi connectivity index (χ4n) is 1.85. The van der Waals surface area contributed by atoms with E-state index in [2.05, 4.69) is 5.32 Å². The van der Waals surface area contributed by atoms with Gasteiger partial charge in [-0.1, -0.05) is 27.2 Å². The second-order valence-electron chi connectivity index (χ2n) is 5.36. The van der Waals surface area contributed by atoms with Crippen LogP contribution in [0.3, 0.4) is 0 Å². The summed E-state index contributed by atoms with van der Waals surface area (Å²) in [7, 11) is 0. The lowest BCUT2D eigenvalue weighted by Crippen LogP contribution is -2.35. The molecule has 0 aromatic heterocycles. The van der Waals surface area contributed by atoms with E-state index in [1.807, 2.05) is 20.8 Å². The zero-order valence-corrected chi connectivity index (χ0v) is 9.73. The lowest BCUT2D eigenvalue weighted by atomic mass is 9.86. The van der Waals surface area contributed by atoms with E-state index in [1.54, 1.807) is 0 Å². The van der Waals surface area contributed by atoms with E-state index in [0.717, 1.165) is 19.4 Å². The first-order chi connectivity index (χ1) is 6.50. The van der Waals surface area contributed by atoms with Gasteiger partial charge in [-0.25, -0.2) is 0 Å². The average Bonchev–Trinajstić information content (AvgIpc) is 2.14. The first-order valence-corrected chi connectivity index (χ1v) is 5.77. The molecule has 0 bridgehead atoms. The Bertz CT molecular complexity index is 187. The highest BCUT2D eigenvalue weighted by molar-refractivity contribution is 5.83. The van der Waals surface area contributed by atoms with Crippen molar-refractivity contribution in [2.75, 3.05) is 6.54 Å². The SMILES string of the molecule is CC(C)(C)C(=O)CCC1CCCCN1. The summed E-state index contributed by atoms with van der Waals surface area (Å²) < 4.78 is 0. The Morgan fingerprint density at radius 2 is 2.07 bits per heavy atom. The van der Waals surface area contributed by atoms with Gasteiger partial charge in [0.15, 0.2) is 0 Å². The lowest BCUT2D eigenvalue weighted by molar-refractivity contribution is -0.126. The van der Waals surface area contributed by atoms with Crippen LogP contribution in [0.5, 0.6) is 0 Å². The van der Waals surface area contributed by atoms with Gasteiger partial charge in [-0.3, -0.25) is 4.79 Å². The Labute approximate surface area is 87.5 Å². The molecule has 1 N–H and O–H groups in total. The summed E-state index contributed by atoms with van der Waals surface area (Å²) in [4.78, 5) is 11.7. The maximum atomic E-state index is 11.7. The number of ketones is 1. The van der Waals surface area contributed by atoms with Gasteiger partial charge in [0.25, 0.3) is 0 Å². The van der Waals surface area contributed by atoms with E-state index in [0.29, 0.717) is 11.8 Å². The van der Waals surface area contributed by atoms with Crippen LogP contribution in [-0.4, -0.2) is 18.4 Å². The highest BCUT2D eigenvalue weighted by atomic mass is 16.1. The summed E-state index contributed by atoms with van der Waals surface area (Å²) in [6.07, 6.45) is 5.62. The van der Waals surface area contributed by atoms with E-state index in [-0.39, 0.29) is 5.41 Å².